The molecule has 0 unspecified atom stereocenters. The highest BCUT2D eigenvalue weighted by atomic mass is 16.1. The Balaban J connectivity index is 1.44. The van der Waals surface area contributed by atoms with Gasteiger partial charge in [-0.05, 0) is 31.0 Å². The molecule has 128 valence electrons. The lowest BCUT2D eigenvalue weighted by Crippen LogP contribution is -2.41. The molecule has 3 heterocycles. The summed E-state index contributed by atoms with van der Waals surface area (Å²) in [6, 6.07) is 7.83. The van der Waals surface area contributed by atoms with Gasteiger partial charge in [0.15, 0.2) is 0 Å². The number of hydrogen-bond donors (Lipinski definition) is 1. The Kier molecular flexibility index (Phi) is 4.05. The second kappa shape index (κ2) is 6.51. The minimum absolute atomic E-state index is 0.0355. The van der Waals surface area contributed by atoms with Gasteiger partial charge in [-0.2, -0.15) is 0 Å². The van der Waals surface area contributed by atoms with E-state index in [1.807, 2.05) is 42.0 Å². The van der Waals surface area contributed by atoms with Crippen LogP contribution in [0.1, 0.15) is 34.0 Å². The lowest BCUT2D eigenvalue weighted by molar-refractivity contribution is 0.0927. The Morgan fingerprint density at radius 3 is 3.12 bits per heavy atom. The number of carbonyl (C=O) groups excluding carboxylic acids is 1. The van der Waals surface area contributed by atoms with Crippen molar-refractivity contribution in [2.24, 2.45) is 0 Å². The molecular formula is C18H20N6O. The largest absolute Gasteiger partial charge is 0.347 e. The summed E-state index contributed by atoms with van der Waals surface area (Å²) in [6.07, 6.45) is 7.16. The van der Waals surface area contributed by atoms with E-state index in [4.69, 9.17) is 0 Å². The third-order valence-corrected chi connectivity index (χ3v) is 4.58. The maximum atomic E-state index is 12.6. The second-order valence-electron chi connectivity index (χ2n) is 6.42. The highest BCUT2D eigenvalue weighted by Crippen LogP contribution is 2.15. The molecule has 2 aromatic heterocycles. The van der Waals surface area contributed by atoms with Crippen molar-refractivity contribution >= 4 is 5.91 Å². The topological polar surface area (TPSA) is 77.6 Å². The van der Waals surface area contributed by atoms with Gasteiger partial charge in [0.25, 0.3) is 5.91 Å². The normalized spacial score (nSPS) is 16.4. The van der Waals surface area contributed by atoms with E-state index in [1.165, 1.54) is 0 Å². The van der Waals surface area contributed by atoms with Gasteiger partial charge in [0.1, 0.15) is 11.6 Å². The molecular weight excluding hydrogens is 316 g/mol. The van der Waals surface area contributed by atoms with Crippen LogP contribution in [-0.4, -0.2) is 36.3 Å². The van der Waals surface area contributed by atoms with E-state index in [0.717, 1.165) is 36.6 Å². The molecule has 1 aliphatic rings. The Morgan fingerprint density at radius 2 is 2.28 bits per heavy atom. The van der Waals surface area contributed by atoms with Crippen molar-refractivity contribution < 1.29 is 4.79 Å². The van der Waals surface area contributed by atoms with Crippen molar-refractivity contribution in [2.75, 3.05) is 0 Å². The number of benzene rings is 1. The number of amides is 1. The van der Waals surface area contributed by atoms with E-state index in [0.29, 0.717) is 12.1 Å². The fourth-order valence-corrected chi connectivity index (χ4v) is 3.25. The van der Waals surface area contributed by atoms with Gasteiger partial charge in [-0.3, -0.25) is 4.79 Å². The van der Waals surface area contributed by atoms with Crippen LogP contribution in [0.25, 0.3) is 0 Å². The summed E-state index contributed by atoms with van der Waals surface area (Å²) < 4.78 is 4.07. The van der Waals surface area contributed by atoms with Crippen molar-refractivity contribution in [1.29, 1.82) is 0 Å². The SMILES string of the molecule is Cc1nnc2n1C[C@@H](NC(=O)c1cccc(Cn3ccnc3)c1)CC2. The van der Waals surface area contributed by atoms with Gasteiger partial charge in [0.05, 0.1) is 6.33 Å². The molecule has 0 bridgehead atoms. The fourth-order valence-electron chi connectivity index (χ4n) is 3.25. The van der Waals surface area contributed by atoms with Crippen LogP contribution in [0.5, 0.6) is 0 Å². The molecule has 0 fully saturated rings. The van der Waals surface area contributed by atoms with Gasteiger partial charge in [-0.15, -0.1) is 10.2 Å². The summed E-state index contributed by atoms with van der Waals surface area (Å²) in [7, 11) is 0. The van der Waals surface area contributed by atoms with Gasteiger partial charge in [0, 0.05) is 43.5 Å². The van der Waals surface area contributed by atoms with Crippen LogP contribution < -0.4 is 5.32 Å². The Morgan fingerprint density at radius 1 is 1.36 bits per heavy atom. The summed E-state index contributed by atoms with van der Waals surface area (Å²) in [5, 5.41) is 11.4. The van der Waals surface area contributed by atoms with Gasteiger partial charge < -0.3 is 14.5 Å². The number of hydrogen-bond acceptors (Lipinski definition) is 4. The van der Waals surface area contributed by atoms with E-state index in [9.17, 15) is 4.79 Å². The molecule has 4 rings (SSSR count). The van der Waals surface area contributed by atoms with E-state index in [1.54, 1.807) is 12.5 Å². The Labute approximate surface area is 145 Å². The van der Waals surface area contributed by atoms with Crippen LogP contribution in [0.15, 0.2) is 43.0 Å². The number of rotatable bonds is 4. The Hall–Kier alpha value is -2.96. The molecule has 0 radical (unpaired) electrons. The first-order valence-corrected chi connectivity index (χ1v) is 8.43. The fraction of sp³-hybridized carbons (Fsp3) is 0.333. The predicted molar refractivity (Wildman–Crippen MR) is 92.1 cm³/mol. The second-order valence-corrected chi connectivity index (χ2v) is 6.42. The molecule has 25 heavy (non-hydrogen) atoms. The van der Waals surface area contributed by atoms with Crippen LogP contribution in [0.2, 0.25) is 0 Å². The Bertz CT molecular complexity index is 883. The van der Waals surface area contributed by atoms with Gasteiger partial charge >= 0.3 is 0 Å². The van der Waals surface area contributed by atoms with Crippen molar-refractivity contribution in [3.05, 3.63) is 65.8 Å². The molecule has 1 atom stereocenters. The van der Waals surface area contributed by atoms with Crippen molar-refractivity contribution in [2.45, 2.75) is 38.9 Å². The highest BCUT2D eigenvalue weighted by Gasteiger charge is 2.23. The lowest BCUT2D eigenvalue weighted by Gasteiger charge is -2.25. The van der Waals surface area contributed by atoms with Crippen molar-refractivity contribution in [1.82, 2.24) is 29.6 Å². The molecule has 0 aliphatic carbocycles. The molecule has 1 N–H and O–H groups in total. The molecule has 0 saturated heterocycles. The summed E-state index contributed by atoms with van der Waals surface area (Å²) >= 11 is 0. The molecule has 1 aliphatic heterocycles. The van der Waals surface area contributed by atoms with Gasteiger partial charge in [0.2, 0.25) is 0 Å². The molecule has 1 aromatic carbocycles. The molecule has 0 spiro atoms. The number of imidazole rings is 1. The first-order chi connectivity index (χ1) is 12.2. The first-order valence-electron chi connectivity index (χ1n) is 8.43. The van der Waals surface area contributed by atoms with Crippen molar-refractivity contribution in [3.63, 3.8) is 0 Å². The average Bonchev–Trinajstić information content (AvgIpc) is 3.25. The zero-order valence-electron chi connectivity index (χ0n) is 14.1. The minimum atomic E-state index is -0.0355. The summed E-state index contributed by atoms with van der Waals surface area (Å²) in [5.74, 6) is 1.87. The molecule has 0 saturated carbocycles. The summed E-state index contributed by atoms with van der Waals surface area (Å²) in [5.41, 5.74) is 1.76. The minimum Gasteiger partial charge on any atom is -0.347 e. The molecule has 3 aromatic rings. The van der Waals surface area contributed by atoms with Crippen LogP contribution in [-0.2, 0) is 19.5 Å². The zero-order valence-corrected chi connectivity index (χ0v) is 14.1. The number of aryl methyl sites for hydroxylation is 2. The van der Waals surface area contributed by atoms with Crippen LogP contribution in [0.3, 0.4) is 0 Å². The monoisotopic (exact) mass is 336 g/mol. The molecule has 1 amide bonds. The number of fused-ring (bicyclic) bond motifs is 1. The first kappa shape index (κ1) is 15.6. The van der Waals surface area contributed by atoms with Gasteiger partial charge in [-0.25, -0.2) is 4.98 Å². The number of nitrogens with zero attached hydrogens (tertiary/aromatic N) is 5. The standard InChI is InChI=1S/C18H20N6O/c1-13-21-22-17-6-5-16(11-24(13)17)20-18(25)15-4-2-3-14(9-15)10-23-8-7-19-12-23/h2-4,7-9,12,16H,5-6,10-11H2,1H3,(H,20,25)/t16-/m0/s1. The van der Waals surface area contributed by atoms with E-state index < -0.39 is 0 Å². The summed E-state index contributed by atoms with van der Waals surface area (Å²) in [4.78, 5) is 16.7. The average molecular weight is 336 g/mol. The van der Waals surface area contributed by atoms with Gasteiger partial charge in [-0.1, -0.05) is 12.1 Å². The van der Waals surface area contributed by atoms with Crippen LogP contribution in [0.4, 0.5) is 0 Å². The summed E-state index contributed by atoms with van der Waals surface area (Å²) in [6.45, 7) is 3.38. The maximum absolute atomic E-state index is 12.6. The molecule has 7 nitrogen and oxygen atoms in total. The quantitative estimate of drug-likeness (QED) is 0.785. The maximum Gasteiger partial charge on any atom is 0.251 e. The van der Waals surface area contributed by atoms with E-state index in [2.05, 4.69) is 25.1 Å². The third kappa shape index (κ3) is 3.31. The smallest absolute Gasteiger partial charge is 0.251 e. The number of aromatic nitrogens is 5. The highest BCUT2D eigenvalue weighted by molar-refractivity contribution is 5.94. The molecule has 7 heteroatoms. The van der Waals surface area contributed by atoms with E-state index in [-0.39, 0.29) is 11.9 Å². The van der Waals surface area contributed by atoms with Crippen molar-refractivity contribution in [3.8, 4) is 0 Å². The third-order valence-electron chi connectivity index (χ3n) is 4.58. The number of nitrogens with one attached hydrogen (secondary N) is 1. The zero-order chi connectivity index (χ0) is 17.2. The predicted octanol–water partition coefficient (Wildman–Crippen LogP) is 1.58. The van der Waals surface area contributed by atoms with E-state index >= 15 is 0 Å². The number of carbonyl (C=O) groups is 1. The lowest BCUT2D eigenvalue weighted by atomic mass is 10.1. The van der Waals surface area contributed by atoms with Crippen LogP contribution >= 0.6 is 0 Å². The van der Waals surface area contributed by atoms with Crippen LogP contribution in [0, 0.1) is 6.92 Å².